The average Bonchev–Trinajstić information content (AvgIpc) is 3.25. The van der Waals surface area contributed by atoms with Crippen LogP contribution in [0.4, 0.5) is 17.2 Å². The van der Waals surface area contributed by atoms with Gasteiger partial charge in [-0.2, -0.15) is 0 Å². The highest BCUT2D eigenvalue weighted by Gasteiger charge is 2.24. The first-order valence-corrected chi connectivity index (χ1v) is 10.4. The van der Waals surface area contributed by atoms with Gasteiger partial charge in [-0.3, -0.25) is 14.3 Å². The summed E-state index contributed by atoms with van der Waals surface area (Å²) in [4.78, 5) is 20.9. The number of carbonyl (C=O) groups excluding carboxylic acids is 1. The summed E-state index contributed by atoms with van der Waals surface area (Å²) in [7, 11) is 0. The van der Waals surface area contributed by atoms with Crippen LogP contribution >= 0.6 is 0 Å². The lowest BCUT2D eigenvalue weighted by molar-refractivity contribution is 0.102. The Morgan fingerprint density at radius 3 is 2.45 bits per heavy atom. The van der Waals surface area contributed by atoms with E-state index in [0.717, 1.165) is 34.1 Å². The zero-order chi connectivity index (χ0) is 22.2. The van der Waals surface area contributed by atoms with Crippen molar-refractivity contribution in [1.82, 2.24) is 24.7 Å². The van der Waals surface area contributed by atoms with Gasteiger partial charge in [0.1, 0.15) is 0 Å². The van der Waals surface area contributed by atoms with Crippen LogP contribution in [0, 0.1) is 0 Å². The molecule has 0 unspecified atom stereocenters. The fourth-order valence-corrected chi connectivity index (χ4v) is 3.87. The molecule has 158 valence electrons. The minimum atomic E-state index is -0.191. The number of hydrogen-bond acceptors (Lipinski definition) is 6. The van der Waals surface area contributed by atoms with E-state index in [1.165, 1.54) is 0 Å². The lowest BCUT2D eigenvalue weighted by Gasteiger charge is -2.11. The number of rotatable bonds is 3. The fourth-order valence-electron chi connectivity index (χ4n) is 3.87. The van der Waals surface area contributed by atoms with Gasteiger partial charge in [0.05, 0.1) is 11.4 Å². The van der Waals surface area contributed by atoms with Gasteiger partial charge in [-0.15, -0.1) is 10.2 Å². The first kappa shape index (κ1) is 18.9. The average molecular weight is 431 g/mol. The predicted octanol–water partition coefficient (Wildman–Crippen LogP) is 4.70. The molecular formula is C25H17N7O. The van der Waals surface area contributed by atoms with Gasteiger partial charge in [-0.05, 0) is 60.7 Å². The maximum absolute atomic E-state index is 12.4. The van der Waals surface area contributed by atoms with Crippen molar-refractivity contribution < 1.29 is 4.79 Å². The standard InChI is InChI=1S/C25H17N7O/c33-25(17-11-14-26-15-12-17)28-18-9-7-16(8-10-18)23-30-31-24-19-4-1-2-5-20(19)29-22-21(32(23)24)6-3-13-27-22/h1-15H,(H,27,29)(H,28,33). The maximum atomic E-state index is 12.4. The number of amides is 1. The predicted molar refractivity (Wildman–Crippen MR) is 125 cm³/mol. The maximum Gasteiger partial charge on any atom is 0.255 e. The van der Waals surface area contributed by atoms with Gasteiger partial charge >= 0.3 is 0 Å². The Morgan fingerprint density at radius 1 is 0.818 bits per heavy atom. The molecule has 0 aliphatic carbocycles. The van der Waals surface area contributed by atoms with Gasteiger partial charge in [0.2, 0.25) is 0 Å². The van der Waals surface area contributed by atoms with E-state index in [1.54, 1.807) is 30.7 Å². The van der Waals surface area contributed by atoms with Crippen LogP contribution in [0.2, 0.25) is 0 Å². The van der Waals surface area contributed by atoms with Gasteiger partial charge in [-0.1, -0.05) is 12.1 Å². The first-order chi connectivity index (χ1) is 16.3. The smallest absolute Gasteiger partial charge is 0.255 e. The van der Waals surface area contributed by atoms with Crippen LogP contribution in [0.3, 0.4) is 0 Å². The number of benzene rings is 2. The van der Waals surface area contributed by atoms with Crippen molar-refractivity contribution in [2.75, 3.05) is 10.6 Å². The molecule has 6 rings (SSSR count). The van der Waals surface area contributed by atoms with Crippen molar-refractivity contribution in [3.8, 4) is 28.5 Å². The Balaban J connectivity index is 1.40. The number of aromatic nitrogens is 5. The quantitative estimate of drug-likeness (QED) is 0.422. The SMILES string of the molecule is O=C(Nc1ccc(-c2nnc3n2-c2cccnc2Nc2ccccc2-3)cc1)c1ccncc1. The highest BCUT2D eigenvalue weighted by molar-refractivity contribution is 6.04. The lowest BCUT2D eigenvalue weighted by atomic mass is 10.1. The van der Waals surface area contributed by atoms with Crippen LogP contribution in [0.1, 0.15) is 10.4 Å². The van der Waals surface area contributed by atoms with E-state index in [4.69, 9.17) is 0 Å². The summed E-state index contributed by atoms with van der Waals surface area (Å²) in [5, 5.41) is 15.3. The molecule has 2 aromatic carbocycles. The molecule has 1 aliphatic rings. The zero-order valence-corrected chi connectivity index (χ0v) is 17.3. The summed E-state index contributed by atoms with van der Waals surface area (Å²) in [5.74, 6) is 1.95. The molecule has 0 saturated heterocycles. The van der Waals surface area contributed by atoms with Crippen LogP contribution in [-0.2, 0) is 0 Å². The van der Waals surface area contributed by atoms with Crippen LogP contribution in [0.5, 0.6) is 0 Å². The Morgan fingerprint density at radius 2 is 1.61 bits per heavy atom. The molecule has 33 heavy (non-hydrogen) atoms. The molecule has 1 amide bonds. The minimum Gasteiger partial charge on any atom is -0.338 e. The van der Waals surface area contributed by atoms with E-state index in [2.05, 4.69) is 30.8 Å². The van der Waals surface area contributed by atoms with Crippen molar-refractivity contribution in [3.05, 3.63) is 97.0 Å². The summed E-state index contributed by atoms with van der Waals surface area (Å²) >= 11 is 0. The van der Waals surface area contributed by atoms with Gasteiger partial charge < -0.3 is 10.6 Å². The molecule has 8 nitrogen and oxygen atoms in total. The van der Waals surface area contributed by atoms with Gasteiger partial charge in [0.25, 0.3) is 5.91 Å². The molecule has 0 atom stereocenters. The highest BCUT2D eigenvalue weighted by Crippen LogP contribution is 2.39. The Hall–Kier alpha value is -4.85. The van der Waals surface area contributed by atoms with Gasteiger partial charge in [-0.25, -0.2) is 4.98 Å². The monoisotopic (exact) mass is 431 g/mol. The summed E-state index contributed by atoms with van der Waals surface area (Å²) in [5.41, 5.74) is 4.82. The van der Waals surface area contributed by atoms with Crippen molar-refractivity contribution in [2.24, 2.45) is 0 Å². The molecule has 0 radical (unpaired) electrons. The zero-order valence-electron chi connectivity index (χ0n) is 17.3. The summed E-state index contributed by atoms with van der Waals surface area (Å²) in [6.45, 7) is 0. The van der Waals surface area contributed by atoms with E-state index in [0.29, 0.717) is 17.1 Å². The summed E-state index contributed by atoms with van der Waals surface area (Å²) in [6, 6.07) is 22.7. The van der Waals surface area contributed by atoms with Crippen molar-refractivity contribution in [2.45, 2.75) is 0 Å². The number of pyridine rings is 2. The number of anilines is 3. The molecule has 5 aromatic rings. The van der Waals surface area contributed by atoms with Crippen LogP contribution in [0.25, 0.3) is 28.5 Å². The number of carbonyl (C=O) groups is 1. The number of hydrogen-bond donors (Lipinski definition) is 2. The normalized spacial score (nSPS) is 11.4. The number of nitrogens with one attached hydrogen (secondary N) is 2. The third-order valence-electron chi connectivity index (χ3n) is 5.45. The van der Waals surface area contributed by atoms with E-state index in [9.17, 15) is 4.79 Å². The number of para-hydroxylation sites is 1. The molecule has 0 saturated carbocycles. The number of nitrogens with zero attached hydrogens (tertiary/aromatic N) is 5. The molecule has 3 aromatic heterocycles. The van der Waals surface area contributed by atoms with Gasteiger partial charge in [0.15, 0.2) is 17.5 Å². The molecule has 0 spiro atoms. The molecule has 2 N–H and O–H groups in total. The Kier molecular flexibility index (Phi) is 4.40. The van der Waals surface area contributed by atoms with E-state index < -0.39 is 0 Å². The largest absolute Gasteiger partial charge is 0.338 e. The Bertz CT molecular complexity index is 1480. The van der Waals surface area contributed by atoms with E-state index >= 15 is 0 Å². The molecule has 8 heteroatoms. The van der Waals surface area contributed by atoms with E-state index in [-0.39, 0.29) is 5.91 Å². The van der Waals surface area contributed by atoms with Crippen molar-refractivity contribution >= 4 is 23.1 Å². The molecule has 1 aliphatic heterocycles. The molecule has 4 heterocycles. The third-order valence-corrected chi connectivity index (χ3v) is 5.45. The summed E-state index contributed by atoms with van der Waals surface area (Å²) < 4.78 is 2.01. The van der Waals surface area contributed by atoms with E-state index in [1.807, 2.05) is 65.2 Å². The second kappa shape index (κ2) is 7.69. The minimum absolute atomic E-state index is 0.191. The van der Waals surface area contributed by atoms with Crippen molar-refractivity contribution in [1.29, 1.82) is 0 Å². The number of fused-ring (bicyclic) bond motifs is 5. The second-order valence-electron chi connectivity index (χ2n) is 7.49. The molecule has 0 fully saturated rings. The van der Waals surface area contributed by atoms with Crippen molar-refractivity contribution in [3.63, 3.8) is 0 Å². The topological polar surface area (TPSA) is 97.6 Å². The lowest BCUT2D eigenvalue weighted by Crippen LogP contribution is -2.11. The first-order valence-electron chi connectivity index (χ1n) is 10.4. The third kappa shape index (κ3) is 3.30. The summed E-state index contributed by atoms with van der Waals surface area (Å²) in [6.07, 6.45) is 4.94. The fraction of sp³-hybridized carbons (Fsp3) is 0. The molecular weight excluding hydrogens is 414 g/mol. The van der Waals surface area contributed by atoms with Crippen LogP contribution in [0.15, 0.2) is 91.4 Å². The van der Waals surface area contributed by atoms with Gasteiger partial charge in [0, 0.05) is 41.0 Å². The van der Waals surface area contributed by atoms with Crippen LogP contribution < -0.4 is 10.6 Å². The second-order valence-corrected chi connectivity index (χ2v) is 7.49. The van der Waals surface area contributed by atoms with Crippen LogP contribution in [-0.4, -0.2) is 30.6 Å². The molecule has 0 bridgehead atoms. The Labute approximate surface area is 189 Å². The highest BCUT2D eigenvalue weighted by atomic mass is 16.1.